The van der Waals surface area contributed by atoms with E-state index in [2.05, 4.69) is 32.9 Å². The fourth-order valence-corrected chi connectivity index (χ4v) is 2.94. The lowest BCUT2D eigenvalue weighted by Gasteiger charge is -2.36. The van der Waals surface area contributed by atoms with E-state index in [1.807, 2.05) is 65.6 Å². The molecular formula is C22H23NO. The summed E-state index contributed by atoms with van der Waals surface area (Å²) in [5, 5.41) is 2.10. The molecular weight excluding hydrogens is 294 g/mol. The summed E-state index contributed by atoms with van der Waals surface area (Å²) in [6, 6.07) is 24.1. The Hall–Kier alpha value is -2.61. The van der Waals surface area contributed by atoms with Gasteiger partial charge in [0.25, 0.3) is 5.91 Å². The molecule has 0 heterocycles. The van der Waals surface area contributed by atoms with Gasteiger partial charge in [-0.05, 0) is 43.2 Å². The van der Waals surface area contributed by atoms with Crippen LogP contribution in [0.25, 0.3) is 10.8 Å². The van der Waals surface area contributed by atoms with E-state index in [-0.39, 0.29) is 11.4 Å². The summed E-state index contributed by atoms with van der Waals surface area (Å²) < 4.78 is 0. The van der Waals surface area contributed by atoms with E-state index in [0.717, 1.165) is 21.9 Å². The second-order valence-corrected chi connectivity index (χ2v) is 7.07. The Morgan fingerprint density at radius 2 is 1.46 bits per heavy atom. The first kappa shape index (κ1) is 16.3. The molecule has 0 spiro atoms. The summed E-state index contributed by atoms with van der Waals surface area (Å²) in [7, 11) is 0. The molecule has 0 radical (unpaired) electrons. The highest BCUT2D eigenvalue weighted by molar-refractivity contribution is 6.07. The lowest BCUT2D eigenvalue weighted by molar-refractivity contribution is 0.0561. The Kier molecular flexibility index (Phi) is 4.39. The molecule has 0 fully saturated rings. The van der Waals surface area contributed by atoms with Gasteiger partial charge in [-0.3, -0.25) is 4.79 Å². The predicted molar refractivity (Wildman–Crippen MR) is 100 cm³/mol. The fourth-order valence-electron chi connectivity index (χ4n) is 2.94. The van der Waals surface area contributed by atoms with Crippen molar-refractivity contribution in [3.05, 3.63) is 83.9 Å². The molecule has 2 heteroatoms. The Morgan fingerprint density at radius 3 is 2.17 bits per heavy atom. The van der Waals surface area contributed by atoms with E-state index in [9.17, 15) is 4.79 Å². The van der Waals surface area contributed by atoms with E-state index >= 15 is 0 Å². The minimum atomic E-state index is -0.260. The molecule has 2 nitrogen and oxygen atoms in total. The van der Waals surface area contributed by atoms with E-state index in [1.54, 1.807) is 0 Å². The summed E-state index contributed by atoms with van der Waals surface area (Å²) in [5.41, 5.74) is 1.64. The van der Waals surface area contributed by atoms with Crippen LogP contribution in [-0.4, -0.2) is 16.3 Å². The van der Waals surface area contributed by atoms with Crippen molar-refractivity contribution in [2.75, 3.05) is 0 Å². The number of fused-ring (bicyclic) bond motifs is 1. The molecule has 3 rings (SSSR count). The third kappa shape index (κ3) is 3.33. The van der Waals surface area contributed by atoms with E-state index in [0.29, 0.717) is 6.54 Å². The zero-order chi connectivity index (χ0) is 17.2. The fraction of sp³-hybridized carbons (Fsp3) is 0.227. The molecule has 122 valence electrons. The standard InChI is InChI=1S/C22H23NO/c1-22(2,3)23(16-17-10-5-4-6-11-17)21(24)20-15-9-13-18-12-7-8-14-19(18)20/h4-15H,16H2,1-3H3. The van der Waals surface area contributed by atoms with Crippen molar-refractivity contribution in [1.82, 2.24) is 4.90 Å². The quantitative estimate of drug-likeness (QED) is 0.643. The Balaban J connectivity index is 2.02. The van der Waals surface area contributed by atoms with Gasteiger partial charge in [0, 0.05) is 17.6 Å². The Morgan fingerprint density at radius 1 is 0.833 bits per heavy atom. The molecule has 24 heavy (non-hydrogen) atoms. The van der Waals surface area contributed by atoms with Crippen molar-refractivity contribution in [3.63, 3.8) is 0 Å². The first-order chi connectivity index (χ1) is 11.5. The van der Waals surface area contributed by atoms with Crippen LogP contribution in [0.1, 0.15) is 36.7 Å². The van der Waals surface area contributed by atoms with E-state index in [4.69, 9.17) is 0 Å². The van der Waals surface area contributed by atoms with Gasteiger partial charge < -0.3 is 4.90 Å². The molecule has 3 aromatic carbocycles. The first-order valence-electron chi connectivity index (χ1n) is 8.30. The van der Waals surface area contributed by atoms with Gasteiger partial charge in [0.1, 0.15) is 0 Å². The highest BCUT2D eigenvalue weighted by atomic mass is 16.2. The molecule has 0 aliphatic carbocycles. The third-order valence-electron chi connectivity index (χ3n) is 4.26. The van der Waals surface area contributed by atoms with Crippen LogP contribution in [0.15, 0.2) is 72.8 Å². The summed E-state index contributed by atoms with van der Waals surface area (Å²) >= 11 is 0. The zero-order valence-electron chi connectivity index (χ0n) is 14.5. The van der Waals surface area contributed by atoms with Crippen LogP contribution in [-0.2, 0) is 6.54 Å². The van der Waals surface area contributed by atoms with Crippen LogP contribution in [0.2, 0.25) is 0 Å². The molecule has 0 atom stereocenters. The van der Waals surface area contributed by atoms with Gasteiger partial charge in [0.2, 0.25) is 0 Å². The molecule has 0 aliphatic heterocycles. The Labute approximate surface area is 143 Å². The SMILES string of the molecule is CC(C)(C)N(Cc1ccccc1)C(=O)c1cccc2ccccc12. The van der Waals surface area contributed by atoms with Crippen molar-refractivity contribution in [2.24, 2.45) is 0 Å². The zero-order valence-corrected chi connectivity index (χ0v) is 14.5. The molecule has 0 aliphatic rings. The lowest BCUT2D eigenvalue weighted by atomic mass is 9.99. The molecule has 0 saturated heterocycles. The number of benzene rings is 3. The molecule has 0 bridgehead atoms. The normalized spacial score (nSPS) is 11.5. The minimum absolute atomic E-state index is 0.0724. The summed E-state index contributed by atoms with van der Waals surface area (Å²) in [6.45, 7) is 6.85. The van der Waals surface area contributed by atoms with Crippen molar-refractivity contribution in [3.8, 4) is 0 Å². The van der Waals surface area contributed by atoms with Crippen LogP contribution in [0.4, 0.5) is 0 Å². The van der Waals surface area contributed by atoms with Crippen molar-refractivity contribution in [2.45, 2.75) is 32.9 Å². The maximum Gasteiger partial charge on any atom is 0.255 e. The molecule has 3 aromatic rings. The highest BCUT2D eigenvalue weighted by Gasteiger charge is 2.28. The topological polar surface area (TPSA) is 20.3 Å². The number of hydrogen-bond donors (Lipinski definition) is 0. The van der Waals surface area contributed by atoms with Gasteiger partial charge in [-0.15, -0.1) is 0 Å². The monoisotopic (exact) mass is 317 g/mol. The van der Waals surface area contributed by atoms with Crippen molar-refractivity contribution >= 4 is 16.7 Å². The van der Waals surface area contributed by atoms with Crippen LogP contribution in [0.3, 0.4) is 0 Å². The number of hydrogen-bond acceptors (Lipinski definition) is 1. The van der Waals surface area contributed by atoms with Crippen LogP contribution in [0.5, 0.6) is 0 Å². The molecule has 1 amide bonds. The molecule has 0 unspecified atom stereocenters. The number of carbonyl (C=O) groups is 1. The van der Waals surface area contributed by atoms with Crippen LogP contribution >= 0.6 is 0 Å². The molecule has 0 aromatic heterocycles. The molecule has 0 N–H and O–H groups in total. The summed E-state index contributed by atoms with van der Waals surface area (Å²) in [5.74, 6) is 0.0724. The summed E-state index contributed by atoms with van der Waals surface area (Å²) in [6.07, 6.45) is 0. The second-order valence-electron chi connectivity index (χ2n) is 7.07. The van der Waals surface area contributed by atoms with E-state index in [1.165, 1.54) is 0 Å². The third-order valence-corrected chi connectivity index (χ3v) is 4.26. The maximum atomic E-state index is 13.3. The number of carbonyl (C=O) groups excluding carboxylic acids is 1. The second kappa shape index (κ2) is 6.48. The first-order valence-corrected chi connectivity index (χ1v) is 8.30. The van der Waals surface area contributed by atoms with Gasteiger partial charge in [-0.25, -0.2) is 0 Å². The average molecular weight is 317 g/mol. The van der Waals surface area contributed by atoms with Gasteiger partial charge in [0.05, 0.1) is 0 Å². The highest BCUT2D eigenvalue weighted by Crippen LogP contribution is 2.25. The van der Waals surface area contributed by atoms with Crippen molar-refractivity contribution in [1.29, 1.82) is 0 Å². The largest absolute Gasteiger partial charge is 0.329 e. The van der Waals surface area contributed by atoms with Crippen molar-refractivity contribution < 1.29 is 4.79 Å². The van der Waals surface area contributed by atoms with Gasteiger partial charge in [-0.2, -0.15) is 0 Å². The van der Waals surface area contributed by atoms with Crippen LogP contribution in [0, 0.1) is 0 Å². The smallest absolute Gasteiger partial charge is 0.255 e. The maximum absolute atomic E-state index is 13.3. The van der Waals surface area contributed by atoms with Gasteiger partial charge in [-0.1, -0.05) is 66.7 Å². The minimum Gasteiger partial charge on any atom is -0.329 e. The van der Waals surface area contributed by atoms with Crippen LogP contribution < -0.4 is 0 Å². The van der Waals surface area contributed by atoms with Gasteiger partial charge in [0.15, 0.2) is 0 Å². The number of rotatable bonds is 3. The Bertz CT molecular complexity index is 841. The number of nitrogens with zero attached hydrogens (tertiary/aromatic N) is 1. The predicted octanol–water partition coefficient (Wildman–Crippen LogP) is 5.28. The lowest BCUT2D eigenvalue weighted by Crippen LogP contribution is -2.45. The average Bonchev–Trinajstić information content (AvgIpc) is 2.58. The number of amides is 1. The molecule has 0 saturated carbocycles. The van der Waals surface area contributed by atoms with Gasteiger partial charge >= 0.3 is 0 Å². The summed E-state index contributed by atoms with van der Waals surface area (Å²) in [4.78, 5) is 15.3. The van der Waals surface area contributed by atoms with E-state index < -0.39 is 0 Å².